The van der Waals surface area contributed by atoms with E-state index in [4.69, 9.17) is 9.47 Å². The van der Waals surface area contributed by atoms with Gasteiger partial charge in [0.05, 0.1) is 25.7 Å². The van der Waals surface area contributed by atoms with Gasteiger partial charge >= 0.3 is 5.97 Å². The summed E-state index contributed by atoms with van der Waals surface area (Å²) in [5.41, 5.74) is 1.23. The Kier molecular flexibility index (Phi) is 6.15. The molecule has 0 radical (unpaired) electrons. The Balaban J connectivity index is 1.95. The molecule has 0 spiro atoms. The van der Waals surface area contributed by atoms with Gasteiger partial charge in [-0.05, 0) is 55.5 Å². The summed E-state index contributed by atoms with van der Waals surface area (Å²) >= 11 is 0. The van der Waals surface area contributed by atoms with Crippen LogP contribution in [0.15, 0.2) is 59.8 Å². The van der Waals surface area contributed by atoms with Gasteiger partial charge < -0.3 is 14.8 Å². The SMILES string of the molecule is COC(=O)C1=C(C)N(c2ccc(F)cc2)C(=O)C[C@@H]1C(=O)Nc1ccc(OC)cc1. The minimum Gasteiger partial charge on any atom is -0.497 e. The summed E-state index contributed by atoms with van der Waals surface area (Å²) in [4.78, 5) is 39.6. The van der Waals surface area contributed by atoms with Crippen LogP contribution < -0.4 is 15.0 Å². The number of amides is 2. The lowest BCUT2D eigenvalue weighted by Crippen LogP contribution is -2.43. The number of anilines is 2. The molecule has 0 bridgehead atoms. The van der Waals surface area contributed by atoms with Gasteiger partial charge in [0.2, 0.25) is 11.8 Å². The van der Waals surface area contributed by atoms with Crippen LogP contribution in [0, 0.1) is 11.7 Å². The summed E-state index contributed by atoms with van der Waals surface area (Å²) in [6.07, 6.45) is -0.235. The molecule has 0 aliphatic carbocycles. The number of hydrogen-bond donors (Lipinski definition) is 1. The molecule has 2 aromatic carbocycles. The van der Waals surface area contributed by atoms with Crippen molar-refractivity contribution in [3.05, 3.63) is 65.6 Å². The molecule has 1 N–H and O–H groups in total. The highest BCUT2D eigenvalue weighted by atomic mass is 19.1. The standard InChI is InChI=1S/C22H21FN2O5/c1-13-20(22(28)30-3)18(21(27)24-15-6-10-17(29-2)11-7-15)12-19(26)25(13)16-8-4-14(23)5-9-16/h4-11,18H,12H2,1-3H3,(H,24,27)/t18-/m0/s1. The predicted octanol–water partition coefficient (Wildman–Crippen LogP) is 3.27. The average molecular weight is 412 g/mol. The van der Waals surface area contributed by atoms with Crippen LogP contribution in [0.3, 0.4) is 0 Å². The van der Waals surface area contributed by atoms with E-state index in [0.717, 1.165) is 0 Å². The molecule has 2 amide bonds. The number of carbonyl (C=O) groups excluding carboxylic acids is 3. The summed E-state index contributed by atoms with van der Waals surface area (Å²) in [6, 6.07) is 12.0. The normalized spacial score (nSPS) is 16.3. The van der Waals surface area contributed by atoms with Crippen LogP contribution in [0.25, 0.3) is 0 Å². The summed E-state index contributed by atoms with van der Waals surface area (Å²) in [7, 11) is 2.74. The molecule has 0 fully saturated rings. The van der Waals surface area contributed by atoms with Crippen molar-refractivity contribution in [2.45, 2.75) is 13.3 Å². The molecule has 0 saturated heterocycles. The van der Waals surface area contributed by atoms with Gasteiger partial charge in [0.15, 0.2) is 0 Å². The molecule has 1 aliphatic rings. The molecule has 1 aliphatic heterocycles. The first-order valence-electron chi connectivity index (χ1n) is 9.18. The van der Waals surface area contributed by atoms with Gasteiger partial charge in [0.1, 0.15) is 11.6 Å². The van der Waals surface area contributed by atoms with Crippen molar-refractivity contribution in [1.29, 1.82) is 0 Å². The van der Waals surface area contributed by atoms with Crippen molar-refractivity contribution in [3.63, 3.8) is 0 Å². The van der Waals surface area contributed by atoms with Crippen LogP contribution in [-0.4, -0.2) is 32.0 Å². The second kappa shape index (κ2) is 8.77. The van der Waals surface area contributed by atoms with Crippen molar-refractivity contribution in [2.24, 2.45) is 5.92 Å². The number of nitrogens with zero attached hydrogens (tertiary/aromatic N) is 1. The first kappa shape index (κ1) is 21.0. The van der Waals surface area contributed by atoms with Gasteiger partial charge in [0.25, 0.3) is 0 Å². The maximum Gasteiger partial charge on any atom is 0.336 e. The first-order chi connectivity index (χ1) is 14.3. The number of nitrogens with one attached hydrogen (secondary N) is 1. The molecule has 1 atom stereocenters. The molecule has 8 heteroatoms. The second-order valence-corrected chi connectivity index (χ2v) is 6.67. The lowest BCUT2D eigenvalue weighted by molar-refractivity contribution is -0.138. The lowest BCUT2D eigenvalue weighted by atomic mass is 9.88. The highest BCUT2D eigenvalue weighted by Gasteiger charge is 2.40. The van der Waals surface area contributed by atoms with Crippen molar-refractivity contribution in [3.8, 4) is 5.75 Å². The number of allylic oxidation sites excluding steroid dienone is 1. The van der Waals surface area contributed by atoms with Gasteiger partial charge in [0, 0.05) is 23.5 Å². The van der Waals surface area contributed by atoms with E-state index in [1.807, 2.05) is 0 Å². The second-order valence-electron chi connectivity index (χ2n) is 6.67. The zero-order valence-corrected chi connectivity index (χ0v) is 16.8. The van der Waals surface area contributed by atoms with Crippen molar-refractivity contribution in [1.82, 2.24) is 0 Å². The third-order valence-corrected chi connectivity index (χ3v) is 4.87. The topological polar surface area (TPSA) is 84.9 Å². The van der Waals surface area contributed by atoms with Crippen LogP contribution in [0.4, 0.5) is 15.8 Å². The summed E-state index contributed by atoms with van der Waals surface area (Å²) < 4.78 is 23.2. The average Bonchev–Trinajstić information content (AvgIpc) is 2.74. The first-order valence-corrected chi connectivity index (χ1v) is 9.18. The Morgan fingerprint density at radius 3 is 2.27 bits per heavy atom. The molecule has 2 aromatic rings. The number of hydrogen-bond acceptors (Lipinski definition) is 5. The number of rotatable bonds is 5. The number of carbonyl (C=O) groups is 3. The molecule has 1 heterocycles. The highest BCUT2D eigenvalue weighted by molar-refractivity contribution is 6.10. The minimum absolute atomic E-state index is 0.0763. The van der Waals surface area contributed by atoms with E-state index in [2.05, 4.69) is 5.32 Å². The fourth-order valence-electron chi connectivity index (χ4n) is 3.38. The third-order valence-electron chi connectivity index (χ3n) is 4.87. The third kappa shape index (κ3) is 4.17. The van der Waals surface area contributed by atoms with Crippen molar-refractivity contribution in [2.75, 3.05) is 24.4 Å². The van der Waals surface area contributed by atoms with Gasteiger partial charge in [-0.15, -0.1) is 0 Å². The van der Waals surface area contributed by atoms with E-state index in [-0.39, 0.29) is 23.6 Å². The maximum absolute atomic E-state index is 13.3. The molecule has 0 unspecified atom stereocenters. The van der Waals surface area contributed by atoms with E-state index < -0.39 is 23.6 Å². The summed E-state index contributed by atoms with van der Waals surface area (Å²) in [5, 5.41) is 2.72. The molecular weight excluding hydrogens is 391 g/mol. The Labute approximate surface area is 173 Å². The molecule has 0 saturated carbocycles. The van der Waals surface area contributed by atoms with Crippen LogP contribution in [0.1, 0.15) is 13.3 Å². The zero-order valence-electron chi connectivity index (χ0n) is 16.8. The molecular formula is C22H21FN2O5. The molecule has 7 nitrogen and oxygen atoms in total. The fraction of sp³-hybridized carbons (Fsp3) is 0.227. The lowest BCUT2D eigenvalue weighted by Gasteiger charge is -2.33. The van der Waals surface area contributed by atoms with E-state index >= 15 is 0 Å². The maximum atomic E-state index is 13.3. The van der Waals surface area contributed by atoms with E-state index in [0.29, 0.717) is 17.1 Å². The number of esters is 1. The molecule has 3 rings (SSSR count). The molecule has 156 valence electrons. The van der Waals surface area contributed by atoms with E-state index in [1.54, 1.807) is 31.2 Å². The number of methoxy groups -OCH3 is 2. The van der Waals surface area contributed by atoms with E-state index in [9.17, 15) is 18.8 Å². The van der Waals surface area contributed by atoms with Gasteiger partial charge in [-0.2, -0.15) is 0 Å². The minimum atomic E-state index is -1.02. The zero-order chi connectivity index (χ0) is 21.8. The monoisotopic (exact) mass is 412 g/mol. The van der Waals surface area contributed by atoms with Crippen LogP contribution in [-0.2, 0) is 19.1 Å². The summed E-state index contributed by atoms with van der Waals surface area (Å²) in [5.74, 6) is -2.45. The van der Waals surface area contributed by atoms with Gasteiger partial charge in [-0.3, -0.25) is 14.5 Å². The largest absolute Gasteiger partial charge is 0.497 e. The van der Waals surface area contributed by atoms with Crippen LogP contribution in [0.5, 0.6) is 5.75 Å². The van der Waals surface area contributed by atoms with Crippen molar-refractivity contribution < 1.29 is 28.2 Å². The van der Waals surface area contributed by atoms with Crippen molar-refractivity contribution >= 4 is 29.2 Å². The van der Waals surface area contributed by atoms with Gasteiger partial charge in [-0.1, -0.05) is 0 Å². The number of halogens is 1. The quantitative estimate of drug-likeness (QED) is 0.762. The summed E-state index contributed by atoms with van der Waals surface area (Å²) in [6.45, 7) is 1.56. The Morgan fingerprint density at radius 2 is 1.70 bits per heavy atom. The predicted molar refractivity (Wildman–Crippen MR) is 108 cm³/mol. The molecule has 0 aromatic heterocycles. The molecule has 30 heavy (non-hydrogen) atoms. The van der Waals surface area contributed by atoms with Gasteiger partial charge in [-0.25, -0.2) is 9.18 Å². The van der Waals surface area contributed by atoms with Crippen LogP contribution >= 0.6 is 0 Å². The Morgan fingerprint density at radius 1 is 1.07 bits per heavy atom. The van der Waals surface area contributed by atoms with E-state index in [1.165, 1.54) is 43.4 Å². The number of benzene rings is 2. The smallest absolute Gasteiger partial charge is 0.336 e. The Hall–Kier alpha value is -3.68. The van der Waals surface area contributed by atoms with Crippen LogP contribution in [0.2, 0.25) is 0 Å². The highest BCUT2D eigenvalue weighted by Crippen LogP contribution is 2.34. The number of ether oxygens (including phenoxy) is 2. The Bertz CT molecular complexity index is 999. The fourth-order valence-corrected chi connectivity index (χ4v) is 3.38.